The van der Waals surface area contributed by atoms with E-state index in [4.69, 9.17) is 0 Å². The minimum Gasteiger partial charge on any atom is -0.253 e. The van der Waals surface area contributed by atoms with E-state index in [-0.39, 0.29) is 0 Å². The van der Waals surface area contributed by atoms with E-state index in [2.05, 4.69) is 77.8 Å². The minimum atomic E-state index is 0.318. The van der Waals surface area contributed by atoms with Gasteiger partial charge in [-0.3, -0.25) is 4.99 Å². The predicted octanol–water partition coefficient (Wildman–Crippen LogP) is 5.70. The summed E-state index contributed by atoms with van der Waals surface area (Å²) in [5.74, 6) is 1.96. The van der Waals surface area contributed by atoms with Gasteiger partial charge in [0.25, 0.3) is 0 Å². The Balaban J connectivity index is 1.62. The molecule has 0 amide bonds. The third-order valence-electron chi connectivity index (χ3n) is 3.43. The third-order valence-corrected chi connectivity index (χ3v) is 5.95. The molecule has 0 bridgehead atoms. The lowest BCUT2D eigenvalue weighted by molar-refractivity contribution is 1.39. The van der Waals surface area contributed by atoms with Crippen LogP contribution in [0.25, 0.3) is 0 Å². The number of benzene rings is 2. The average Bonchev–Trinajstić information content (AvgIpc) is 2.85. The third kappa shape index (κ3) is 5.15. The second-order valence-corrected chi connectivity index (χ2v) is 7.31. The Labute approximate surface area is 146 Å². The lowest BCUT2D eigenvalue weighted by atomic mass is 10.2. The van der Waals surface area contributed by atoms with Crippen molar-refractivity contribution in [3.8, 4) is 0 Å². The van der Waals surface area contributed by atoms with Crippen LogP contribution >= 0.6 is 23.5 Å². The maximum absolute atomic E-state index is 4.65. The van der Waals surface area contributed by atoms with Crippen molar-refractivity contribution >= 4 is 28.6 Å². The molecule has 23 heavy (non-hydrogen) atoms. The highest BCUT2D eigenvalue weighted by Crippen LogP contribution is 2.28. The molecule has 0 saturated heterocycles. The second kappa shape index (κ2) is 8.80. The highest BCUT2D eigenvalue weighted by molar-refractivity contribution is 8.15. The lowest BCUT2D eigenvalue weighted by Crippen LogP contribution is -2.11. The van der Waals surface area contributed by atoms with E-state index in [0.29, 0.717) is 5.25 Å². The van der Waals surface area contributed by atoms with E-state index in [1.165, 1.54) is 16.2 Å². The van der Waals surface area contributed by atoms with Gasteiger partial charge < -0.3 is 0 Å². The maximum atomic E-state index is 4.65. The number of thioether (sulfide) groups is 2. The Kier molecular flexibility index (Phi) is 6.18. The van der Waals surface area contributed by atoms with Crippen molar-refractivity contribution in [1.82, 2.24) is 0 Å². The topological polar surface area (TPSA) is 12.4 Å². The molecule has 0 spiro atoms. The number of hydrogen-bond donors (Lipinski definition) is 0. The van der Waals surface area contributed by atoms with Crippen LogP contribution in [0.2, 0.25) is 0 Å². The van der Waals surface area contributed by atoms with Crippen LogP contribution in [0.1, 0.15) is 11.1 Å². The van der Waals surface area contributed by atoms with Crippen LogP contribution in [0.15, 0.2) is 90.1 Å². The van der Waals surface area contributed by atoms with Gasteiger partial charge in [-0.25, -0.2) is 0 Å². The van der Waals surface area contributed by atoms with E-state index >= 15 is 0 Å². The van der Waals surface area contributed by atoms with E-state index in [0.717, 1.165) is 11.5 Å². The summed E-state index contributed by atoms with van der Waals surface area (Å²) in [4.78, 5) is 4.65. The zero-order chi connectivity index (χ0) is 15.7. The van der Waals surface area contributed by atoms with E-state index < -0.39 is 0 Å². The smallest absolute Gasteiger partial charge is 0.0903 e. The van der Waals surface area contributed by atoms with Gasteiger partial charge in [0.05, 0.1) is 10.3 Å². The van der Waals surface area contributed by atoms with Gasteiger partial charge in [-0.2, -0.15) is 0 Å². The molecular weight excluding hydrogens is 318 g/mol. The van der Waals surface area contributed by atoms with Gasteiger partial charge in [0.15, 0.2) is 0 Å². The van der Waals surface area contributed by atoms with Gasteiger partial charge in [-0.05, 0) is 17.2 Å². The van der Waals surface area contributed by atoms with E-state index in [1.54, 1.807) is 0 Å². The number of allylic oxidation sites excluding steroid dienone is 2. The molecule has 2 aromatic rings. The first-order valence-electron chi connectivity index (χ1n) is 7.65. The summed E-state index contributed by atoms with van der Waals surface area (Å²) in [5, 5.41) is 1.50. The summed E-state index contributed by atoms with van der Waals surface area (Å²) < 4.78 is 0. The summed E-state index contributed by atoms with van der Waals surface area (Å²) in [6, 6.07) is 21.2. The Morgan fingerprint density at radius 1 is 0.783 bits per heavy atom. The first-order chi connectivity index (χ1) is 11.4. The molecule has 1 heterocycles. The molecule has 0 aliphatic carbocycles. The number of rotatable bonds is 5. The molecule has 1 atom stereocenters. The average molecular weight is 338 g/mol. The highest BCUT2D eigenvalue weighted by atomic mass is 32.2. The molecule has 3 rings (SSSR count). The number of aliphatic imine (C=N–C) groups is 1. The summed E-state index contributed by atoms with van der Waals surface area (Å²) in [7, 11) is 0. The molecule has 0 aromatic heterocycles. The zero-order valence-electron chi connectivity index (χ0n) is 12.8. The molecule has 1 nitrogen and oxygen atoms in total. The van der Waals surface area contributed by atoms with E-state index in [9.17, 15) is 0 Å². The van der Waals surface area contributed by atoms with Gasteiger partial charge >= 0.3 is 0 Å². The molecule has 0 N–H and O–H groups in total. The van der Waals surface area contributed by atoms with Crippen molar-refractivity contribution in [2.45, 2.75) is 16.8 Å². The van der Waals surface area contributed by atoms with Crippen molar-refractivity contribution in [2.75, 3.05) is 0 Å². The first kappa shape index (κ1) is 16.2. The normalized spacial score (nSPS) is 16.9. The molecule has 116 valence electrons. The highest BCUT2D eigenvalue weighted by Gasteiger charge is 2.15. The van der Waals surface area contributed by atoms with Gasteiger partial charge in [0.2, 0.25) is 0 Å². The van der Waals surface area contributed by atoms with Crippen LogP contribution in [-0.2, 0) is 11.5 Å². The standard InChI is InChI=1S/C20H19NS2/c1-3-9-17(10-4-1)15-22-19-13-7-8-14-21-20(19)23-16-18-11-5-2-6-12-18/h1-14,19H,15-16H2. The molecule has 3 heteroatoms. The summed E-state index contributed by atoms with van der Waals surface area (Å²) in [5.41, 5.74) is 2.69. The Hall–Kier alpha value is -1.71. The molecule has 0 fully saturated rings. The van der Waals surface area contributed by atoms with Gasteiger partial charge in [-0.1, -0.05) is 72.8 Å². The largest absolute Gasteiger partial charge is 0.253 e. The molecule has 0 radical (unpaired) electrons. The van der Waals surface area contributed by atoms with Crippen molar-refractivity contribution in [2.24, 2.45) is 4.99 Å². The Morgan fingerprint density at radius 3 is 2.13 bits per heavy atom. The van der Waals surface area contributed by atoms with Crippen LogP contribution in [-0.4, -0.2) is 10.3 Å². The fourth-order valence-electron chi connectivity index (χ4n) is 2.23. The first-order valence-corrected chi connectivity index (χ1v) is 9.68. The summed E-state index contributed by atoms with van der Waals surface area (Å²) >= 11 is 3.76. The molecular formula is C20H19NS2. The molecule has 0 saturated carbocycles. The molecule has 1 unspecified atom stereocenters. The summed E-state index contributed by atoms with van der Waals surface area (Å²) in [6.45, 7) is 0. The Morgan fingerprint density at radius 2 is 1.43 bits per heavy atom. The maximum Gasteiger partial charge on any atom is 0.0903 e. The number of hydrogen-bond acceptors (Lipinski definition) is 3. The predicted molar refractivity (Wildman–Crippen MR) is 105 cm³/mol. The van der Waals surface area contributed by atoms with Crippen molar-refractivity contribution in [1.29, 1.82) is 0 Å². The van der Waals surface area contributed by atoms with Crippen LogP contribution in [0.4, 0.5) is 0 Å². The minimum absolute atomic E-state index is 0.318. The van der Waals surface area contributed by atoms with Crippen molar-refractivity contribution in [3.63, 3.8) is 0 Å². The molecule has 1 aliphatic heterocycles. The summed E-state index contributed by atoms with van der Waals surface area (Å²) in [6.07, 6.45) is 8.25. The fourth-order valence-corrected chi connectivity index (χ4v) is 4.49. The van der Waals surface area contributed by atoms with Gasteiger partial charge in [0, 0.05) is 17.7 Å². The fraction of sp³-hybridized carbons (Fsp3) is 0.150. The van der Waals surface area contributed by atoms with E-state index in [1.807, 2.05) is 35.8 Å². The molecule has 1 aliphatic rings. The quantitative estimate of drug-likeness (QED) is 0.693. The Bertz CT molecular complexity index is 690. The van der Waals surface area contributed by atoms with Crippen molar-refractivity contribution in [3.05, 3.63) is 96.2 Å². The SMILES string of the molecule is C1=CN=C(SCc2ccccc2)C(SCc2ccccc2)C=C1. The van der Waals surface area contributed by atoms with Crippen LogP contribution < -0.4 is 0 Å². The number of nitrogens with zero attached hydrogens (tertiary/aromatic N) is 1. The second-order valence-electron chi connectivity index (χ2n) is 5.19. The van der Waals surface area contributed by atoms with Crippen LogP contribution in [0, 0.1) is 0 Å². The molecule has 2 aromatic carbocycles. The lowest BCUT2D eigenvalue weighted by Gasteiger charge is -2.14. The van der Waals surface area contributed by atoms with Crippen LogP contribution in [0.5, 0.6) is 0 Å². The zero-order valence-corrected chi connectivity index (χ0v) is 14.5. The monoisotopic (exact) mass is 337 g/mol. The van der Waals surface area contributed by atoms with Crippen LogP contribution in [0.3, 0.4) is 0 Å². The van der Waals surface area contributed by atoms with Gasteiger partial charge in [0.1, 0.15) is 0 Å². The van der Waals surface area contributed by atoms with Gasteiger partial charge in [-0.15, -0.1) is 23.5 Å². The van der Waals surface area contributed by atoms with Crippen molar-refractivity contribution < 1.29 is 0 Å².